The third-order valence-corrected chi connectivity index (χ3v) is 5.53. The number of piperidine rings is 1. The molecule has 0 unspecified atom stereocenters. The Kier molecular flexibility index (Phi) is 28.4. The second-order valence-electron chi connectivity index (χ2n) is 7.46. The summed E-state index contributed by atoms with van der Waals surface area (Å²) >= 11 is 0. The normalized spacial score (nSPS) is 19.5. The lowest BCUT2D eigenvalue weighted by Crippen LogP contribution is -2.49. The largest absolute Gasteiger partial charge is 0.384 e. The molecule has 182 valence electrons. The van der Waals surface area contributed by atoms with E-state index >= 15 is 0 Å². The minimum absolute atomic E-state index is 0. The molecule has 0 spiro atoms. The number of aliphatic hydroxyl groups is 1. The first-order valence-corrected chi connectivity index (χ1v) is 9.53. The summed E-state index contributed by atoms with van der Waals surface area (Å²) in [6.45, 7) is 4.65. The van der Waals surface area contributed by atoms with Gasteiger partial charge in [-0.05, 0) is 51.6 Å². The Balaban J connectivity index is -0.000000125. The zero-order valence-electron chi connectivity index (χ0n) is 17.2. The number of carbonyl (C=O) groups excluding carboxylic acids is 1. The lowest BCUT2D eigenvalue weighted by atomic mass is 9.84. The fraction of sp³-hybridized carbons (Fsp3) is 0.696. The third-order valence-electron chi connectivity index (χ3n) is 5.53. The van der Waals surface area contributed by atoms with Crippen LogP contribution in [0, 0.1) is 5.92 Å². The molecule has 2 atom stereocenters. The van der Waals surface area contributed by atoms with E-state index in [0.29, 0.717) is 11.7 Å². The van der Waals surface area contributed by atoms with Gasteiger partial charge in [0, 0.05) is 12.0 Å². The van der Waals surface area contributed by atoms with Crippen LogP contribution in [-0.2, 0) is 10.4 Å². The van der Waals surface area contributed by atoms with Crippen LogP contribution in [0.1, 0.15) is 85.6 Å². The van der Waals surface area contributed by atoms with E-state index < -0.39 is 5.60 Å². The van der Waals surface area contributed by atoms with Gasteiger partial charge in [0.2, 0.25) is 0 Å². The number of hydrogen-bond acceptors (Lipinski definition) is 3. The Bertz CT molecular complexity index is 506. The van der Waals surface area contributed by atoms with Crippen LogP contribution in [0.5, 0.6) is 0 Å². The lowest BCUT2D eigenvalue weighted by Gasteiger charge is -2.36. The van der Waals surface area contributed by atoms with Crippen molar-refractivity contribution in [2.45, 2.75) is 91.7 Å². The molecule has 3 rings (SSSR count). The lowest BCUT2D eigenvalue weighted by molar-refractivity contribution is -0.121. The number of rotatable bonds is 3. The van der Waals surface area contributed by atoms with Gasteiger partial charge in [-0.25, -0.2) is 0 Å². The van der Waals surface area contributed by atoms with Crippen molar-refractivity contribution in [3.8, 4) is 0 Å². The molecular formula is C23H48ClNO2S3. The highest BCUT2D eigenvalue weighted by molar-refractivity contribution is 7.59. The van der Waals surface area contributed by atoms with Crippen molar-refractivity contribution in [2.75, 3.05) is 6.54 Å². The van der Waals surface area contributed by atoms with Crippen molar-refractivity contribution in [2.24, 2.45) is 5.92 Å². The second kappa shape index (κ2) is 21.0. The molecule has 1 saturated carbocycles. The van der Waals surface area contributed by atoms with Gasteiger partial charge < -0.3 is 10.4 Å². The van der Waals surface area contributed by atoms with Gasteiger partial charge in [0.1, 0.15) is 11.4 Å². The van der Waals surface area contributed by atoms with E-state index in [4.69, 9.17) is 0 Å². The Labute approximate surface area is 213 Å². The molecule has 1 aromatic carbocycles. The summed E-state index contributed by atoms with van der Waals surface area (Å²) in [5, 5.41) is 14.0. The van der Waals surface area contributed by atoms with Crippen LogP contribution in [-0.4, -0.2) is 23.5 Å². The molecule has 0 radical (unpaired) electrons. The van der Waals surface area contributed by atoms with E-state index in [-0.39, 0.29) is 73.8 Å². The molecule has 0 amide bonds. The topological polar surface area (TPSA) is 49.3 Å². The Morgan fingerprint density at radius 3 is 1.83 bits per heavy atom. The quantitative estimate of drug-likeness (QED) is 0.516. The van der Waals surface area contributed by atoms with Gasteiger partial charge in [0.05, 0.1) is 0 Å². The van der Waals surface area contributed by atoms with Crippen LogP contribution in [0.15, 0.2) is 30.3 Å². The summed E-state index contributed by atoms with van der Waals surface area (Å²) in [6, 6.07) is 10.1. The van der Waals surface area contributed by atoms with Crippen LogP contribution in [0.2, 0.25) is 0 Å². The molecule has 1 aliphatic heterocycles. The Morgan fingerprint density at radius 2 is 1.43 bits per heavy atom. The average molecular weight is 502 g/mol. The van der Waals surface area contributed by atoms with E-state index in [9.17, 15) is 9.90 Å². The number of halogens is 1. The summed E-state index contributed by atoms with van der Waals surface area (Å²) in [4.78, 5) is 10.8. The highest BCUT2D eigenvalue weighted by Crippen LogP contribution is 2.28. The van der Waals surface area contributed by atoms with Crippen molar-refractivity contribution in [3.63, 3.8) is 0 Å². The van der Waals surface area contributed by atoms with Crippen LogP contribution in [0.25, 0.3) is 0 Å². The van der Waals surface area contributed by atoms with Crippen LogP contribution < -0.4 is 5.32 Å². The van der Waals surface area contributed by atoms with Crippen molar-refractivity contribution in [3.05, 3.63) is 35.9 Å². The van der Waals surface area contributed by atoms with Crippen LogP contribution >= 0.6 is 52.9 Å². The first kappa shape index (κ1) is 40.5. The Hall–Kier alpha value is 0.150. The smallest absolute Gasteiger partial charge is 0.132 e. The van der Waals surface area contributed by atoms with Gasteiger partial charge in [-0.1, -0.05) is 70.9 Å². The van der Waals surface area contributed by atoms with Crippen molar-refractivity contribution in [1.82, 2.24) is 5.32 Å². The summed E-state index contributed by atoms with van der Waals surface area (Å²) in [5.74, 6) is 0.813. The number of carbonyl (C=O) groups is 1. The van der Waals surface area contributed by atoms with E-state index in [2.05, 4.69) is 5.32 Å². The van der Waals surface area contributed by atoms with Crippen LogP contribution in [0.4, 0.5) is 0 Å². The van der Waals surface area contributed by atoms with Crippen molar-refractivity contribution >= 4 is 58.7 Å². The molecule has 30 heavy (non-hydrogen) atoms. The van der Waals surface area contributed by atoms with Gasteiger partial charge in [-0.15, -0.1) is 12.4 Å². The predicted molar refractivity (Wildman–Crippen MR) is 151 cm³/mol. The zero-order chi connectivity index (χ0) is 17.4. The molecule has 1 aliphatic carbocycles. The maximum absolute atomic E-state index is 10.8. The zero-order valence-corrected chi connectivity index (χ0v) is 21.0. The van der Waals surface area contributed by atoms with Gasteiger partial charge in [-0.2, -0.15) is 40.5 Å². The van der Waals surface area contributed by atoms with Gasteiger partial charge >= 0.3 is 0 Å². The summed E-state index contributed by atoms with van der Waals surface area (Å²) < 4.78 is 0. The molecule has 2 aliphatic rings. The van der Waals surface area contributed by atoms with Gasteiger partial charge in [0.25, 0.3) is 0 Å². The number of nitrogens with one attached hydrogen (secondary N) is 1. The summed E-state index contributed by atoms with van der Waals surface area (Å²) in [7, 11) is 0. The molecule has 1 saturated heterocycles. The van der Waals surface area contributed by atoms with Gasteiger partial charge in [0.15, 0.2) is 0 Å². The molecule has 2 fully saturated rings. The molecule has 0 aromatic heterocycles. The van der Waals surface area contributed by atoms with Gasteiger partial charge in [-0.3, -0.25) is 4.79 Å². The fourth-order valence-corrected chi connectivity index (χ4v) is 3.82. The number of Topliss-reactive ketones (excluding diaryl/α,β-unsaturated/α-hetero) is 1. The molecule has 1 aromatic rings. The number of ketones is 1. The van der Waals surface area contributed by atoms with E-state index in [0.717, 1.165) is 31.4 Å². The average Bonchev–Trinajstić information content (AvgIpc) is 2.64. The number of benzene rings is 1. The summed E-state index contributed by atoms with van der Waals surface area (Å²) in [6.07, 6.45) is 9.66. The highest BCUT2D eigenvalue weighted by atomic mass is 35.5. The van der Waals surface area contributed by atoms with E-state index in [1.54, 1.807) is 6.92 Å². The molecule has 7 heteroatoms. The Morgan fingerprint density at radius 1 is 0.933 bits per heavy atom. The molecule has 1 heterocycles. The maximum Gasteiger partial charge on any atom is 0.132 e. The minimum atomic E-state index is -0.748. The molecule has 2 N–H and O–H groups in total. The predicted octanol–water partition coefficient (Wildman–Crippen LogP) is 6.22. The first-order valence-electron chi connectivity index (χ1n) is 9.53. The van der Waals surface area contributed by atoms with E-state index in [1.807, 2.05) is 37.3 Å². The molecule has 0 bridgehead atoms. The molecular weight excluding hydrogens is 454 g/mol. The van der Waals surface area contributed by atoms with E-state index in [1.165, 1.54) is 32.1 Å². The summed E-state index contributed by atoms with van der Waals surface area (Å²) in [5.41, 5.74) is 0.256. The first-order chi connectivity index (χ1) is 11.5. The van der Waals surface area contributed by atoms with Crippen molar-refractivity contribution < 1.29 is 9.90 Å². The highest BCUT2D eigenvalue weighted by Gasteiger charge is 2.33. The van der Waals surface area contributed by atoms with Crippen LogP contribution in [0.3, 0.4) is 0 Å². The van der Waals surface area contributed by atoms with Crippen molar-refractivity contribution in [1.29, 1.82) is 0 Å². The third kappa shape index (κ3) is 12.9. The minimum Gasteiger partial charge on any atom is -0.384 e. The molecule has 3 nitrogen and oxygen atoms in total. The number of hydrogen-bond donors (Lipinski definition) is 2. The maximum atomic E-state index is 10.8. The standard InChI is InChI=1S/C13H19NO.C8H14O.2CH4.ClH.3H2S/c1-13(15,11-7-3-2-4-8-11)12-9-5-6-10-14-12;1-7(9)8-5-3-2-4-6-8;;;;;;/h2-4,7-8,12,14-15H,5-6,9-10H2,1H3;8H,2-6H2,1H3;2*1H4;1H;3*1H2/t12-,13-;;;;;;;/m0......./s1. The second-order valence-corrected chi connectivity index (χ2v) is 7.46. The monoisotopic (exact) mass is 501 g/mol. The SMILES string of the molecule is C.C.CC(=O)C1CCCCC1.C[C@](O)(c1ccccc1)[C@@H]1CCCCN1.Cl.S.S.S. The fourth-order valence-electron chi connectivity index (χ4n) is 3.82.